The molecule has 3 nitrogen and oxygen atoms in total. The fourth-order valence-corrected chi connectivity index (χ4v) is 2.39. The summed E-state index contributed by atoms with van der Waals surface area (Å²) in [6.45, 7) is 25.9. The Labute approximate surface area is 196 Å². The number of ether oxygens (including phenoxy) is 1. The molecule has 0 aliphatic carbocycles. The molecule has 0 aromatic heterocycles. The van der Waals surface area contributed by atoms with Gasteiger partial charge in [0.05, 0.1) is 12.5 Å². The second-order valence-corrected chi connectivity index (χ2v) is 11.1. The Kier molecular flexibility index (Phi) is 25.0. The van der Waals surface area contributed by atoms with Crippen molar-refractivity contribution in [3.8, 4) is 0 Å². The van der Waals surface area contributed by atoms with E-state index in [1.807, 2.05) is 27.7 Å². The first-order valence-corrected chi connectivity index (χ1v) is 12.9. The zero-order valence-electron chi connectivity index (χ0n) is 23.3. The van der Waals surface area contributed by atoms with Gasteiger partial charge in [0.25, 0.3) is 0 Å². The van der Waals surface area contributed by atoms with Gasteiger partial charge in [0, 0.05) is 12.3 Å². The van der Waals surface area contributed by atoms with Crippen molar-refractivity contribution in [2.24, 2.45) is 35.5 Å². The zero-order valence-corrected chi connectivity index (χ0v) is 23.3. The molecule has 3 heteroatoms. The van der Waals surface area contributed by atoms with Crippen LogP contribution in [0.5, 0.6) is 0 Å². The third-order valence-corrected chi connectivity index (χ3v) is 4.84. The second-order valence-electron chi connectivity index (χ2n) is 11.1. The molecule has 0 heterocycles. The van der Waals surface area contributed by atoms with E-state index in [0.29, 0.717) is 24.2 Å². The van der Waals surface area contributed by atoms with Gasteiger partial charge in [0.2, 0.25) is 0 Å². The number of rotatable bonds is 13. The average molecular weight is 443 g/mol. The van der Waals surface area contributed by atoms with Gasteiger partial charge in [-0.05, 0) is 36.5 Å². The fourth-order valence-electron chi connectivity index (χ4n) is 2.39. The van der Waals surface area contributed by atoms with Gasteiger partial charge in [0.1, 0.15) is 5.78 Å². The van der Waals surface area contributed by atoms with Crippen molar-refractivity contribution in [2.75, 3.05) is 6.61 Å². The van der Waals surface area contributed by atoms with Crippen molar-refractivity contribution in [1.82, 2.24) is 0 Å². The molecule has 188 valence electrons. The number of unbranched alkanes of at least 4 members (excludes halogenated alkanes) is 1. The molecule has 0 N–H and O–H groups in total. The van der Waals surface area contributed by atoms with Crippen LogP contribution in [0.25, 0.3) is 0 Å². The zero-order chi connectivity index (χ0) is 25.0. The number of hydrogen-bond donors (Lipinski definition) is 0. The Morgan fingerprint density at radius 3 is 1.23 bits per heavy atom. The summed E-state index contributed by atoms with van der Waals surface area (Å²) in [4.78, 5) is 21.9. The summed E-state index contributed by atoms with van der Waals surface area (Å²) in [5.41, 5.74) is 0. The minimum absolute atomic E-state index is 0.00200. The van der Waals surface area contributed by atoms with Crippen LogP contribution >= 0.6 is 0 Å². The Hall–Kier alpha value is -0.860. The SMILES string of the molecule is CC(C)CCC(=O)C(C)C.CC(C)CCCCC(C)C.CC(C)CCOC(=O)C(C)C. The van der Waals surface area contributed by atoms with Crippen LogP contribution in [0.1, 0.15) is 128 Å². The monoisotopic (exact) mass is 442 g/mol. The predicted octanol–water partition coefficient (Wildman–Crippen LogP) is 8.74. The standard InChI is InChI=1S/C10H22.C9H18O2.C9H18O/c1-9(2)7-5-6-8-10(3)4;1-7(2)5-6-11-9(10)8(3)4;1-7(2)5-6-9(10)8(3)4/h9-10H,5-8H2,1-4H3;7-8H,5-6H2,1-4H3;7-8H,5-6H2,1-4H3. The van der Waals surface area contributed by atoms with E-state index in [4.69, 9.17) is 4.74 Å². The summed E-state index contributed by atoms with van der Waals surface area (Å²) < 4.78 is 4.98. The minimum atomic E-state index is -0.0920. The second kappa shape index (κ2) is 22.3. The van der Waals surface area contributed by atoms with Crippen molar-refractivity contribution >= 4 is 11.8 Å². The van der Waals surface area contributed by atoms with Crippen LogP contribution in [0.4, 0.5) is 0 Å². The highest BCUT2D eigenvalue weighted by atomic mass is 16.5. The average Bonchev–Trinajstić information content (AvgIpc) is 2.63. The van der Waals surface area contributed by atoms with E-state index in [1.54, 1.807) is 0 Å². The van der Waals surface area contributed by atoms with Crippen molar-refractivity contribution in [2.45, 2.75) is 128 Å². The minimum Gasteiger partial charge on any atom is -0.465 e. The molecule has 31 heavy (non-hydrogen) atoms. The smallest absolute Gasteiger partial charge is 0.308 e. The van der Waals surface area contributed by atoms with Crippen LogP contribution in [-0.4, -0.2) is 18.4 Å². The lowest BCUT2D eigenvalue weighted by Gasteiger charge is -2.07. The van der Waals surface area contributed by atoms with E-state index in [-0.39, 0.29) is 17.8 Å². The van der Waals surface area contributed by atoms with Crippen molar-refractivity contribution in [3.63, 3.8) is 0 Å². The van der Waals surface area contributed by atoms with Gasteiger partial charge >= 0.3 is 5.97 Å². The summed E-state index contributed by atoms with van der Waals surface area (Å²) in [6, 6.07) is 0. The molecule has 0 spiro atoms. The topological polar surface area (TPSA) is 43.4 Å². The lowest BCUT2D eigenvalue weighted by atomic mass is 10.00. The molecule has 0 fully saturated rings. The van der Waals surface area contributed by atoms with Gasteiger partial charge in [-0.15, -0.1) is 0 Å². The largest absolute Gasteiger partial charge is 0.465 e. The van der Waals surface area contributed by atoms with Gasteiger partial charge in [-0.2, -0.15) is 0 Å². The maximum atomic E-state index is 11.0. The van der Waals surface area contributed by atoms with Gasteiger partial charge in [-0.1, -0.05) is 109 Å². The van der Waals surface area contributed by atoms with Gasteiger partial charge in [-0.25, -0.2) is 0 Å². The van der Waals surface area contributed by atoms with Gasteiger partial charge in [0.15, 0.2) is 0 Å². The molecule has 0 radical (unpaired) electrons. The van der Waals surface area contributed by atoms with E-state index in [9.17, 15) is 9.59 Å². The summed E-state index contributed by atoms with van der Waals surface area (Å²) in [7, 11) is 0. The van der Waals surface area contributed by atoms with Crippen LogP contribution in [-0.2, 0) is 14.3 Å². The molecule has 0 aromatic rings. The van der Waals surface area contributed by atoms with Gasteiger partial charge < -0.3 is 4.74 Å². The number of carbonyl (C=O) groups excluding carboxylic acids is 2. The third-order valence-electron chi connectivity index (χ3n) is 4.84. The molecule has 0 saturated carbocycles. The van der Waals surface area contributed by atoms with Crippen molar-refractivity contribution in [3.05, 3.63) is 0 Å². The highest BCUT2D eigenvalue weighted by molar-refractivity contribution is 5.80. The van der Waals surface area contributed by atoms with Crippen LogP contribution in [0.15, 0.2) is 0 Å². The highest BCUT2D eigenvalue weighted by Gasteiger charge is 2.08. The van der Waals surface area contributed by atoms with Crippen molar-refractivity contribution < 1.29 is 14.3 Å². The van der Waals surface area contributed by atoms with Crippen molar-refractivity contribution in [1.29, 1.82) is 0 Å². The van der Waals surface area contributed by atoms with E-state index in [1.165, 1.54) is 25.7 Å². The normalized spacial score (nSPS) is 11.0. The van der Waals surface area contributed by atoms with Gasteiger partial charge in [-0.3, -0.25) is 9.59 Å². The Balaban J connectivity index is -0.000000380. The molecule has 0 rings (SSSR count). The summed E-state index contributed by atoms with van der Waals surface area (Å²) in [5.74, 6) is 3.58. The first kappa shape index (κ1) is 34.7. The number of carbonyl (C=O) groups is 2. The molecule has 0 saturated heterocycles. The molecular formula is C28H58O3. The number of ketones is 1. The lowest BCUT2D eigenvalue weighted by Crippen LogP contribution is -2.13. The van der Waals surface area contributed by atoms with Crippen LogP contribution in [0.3, 0.4) is 0 Å². The lowest BCUT2D eigenvalue weighted by molar-refractivity contribution is -0.147. The number of esters is 1. The van der Waals surface area contributed by atoms with E-state index in [0.717, 1.165) is 31.1 Å². The Morgan fingerprint density at radius 2 is 0.935 bits per heavy atom. The first-order valence-electron chi connectivity index (χ1n) is 12.9. The number of Topliss-reactive ketones (excluding diaryl/α,β-unsaturated/α-hetero) is 1. The summed E-state index contributed by atoms with van der Waals surface area (Å²) in [6.07, 6.45) is 8.43. The Bertz CT molecular complexity index is 396. The fraction of sp³-hybridized carbons (Fsp3) is 0.929. The maximum Gasteiger partial charge on any atom is 0.308 e. The molecular weight excluding hydrogens is 384 g/mol. The molecule has 0 aliphatic rings. The maximum absolute atomic E-state index is 11.0. The molecule has 0 atom stereocenters. The first-order chi connectivity index (χ1) is 14.2. The van der Waals surface area contributed by atoms with Crippen LogP contribution in [0, 0.1) is 35.5 Å². The highest BCUT2D eigenvalue weighted by Crippen LogP contribution is 2.11. The van der Waals surface area contributed by atoms with E-state index in [2.05, 4.69) is 55.4 Å². The summed E-state index contributed by atoms with van der Waals surface area (Å²) >= 11 is 0. The molecule has 0 bridgehead atoms. The number of hydrogen-bond acceptors (Lipinski definition) is 3. The van der Waals surface area contributed by atoms with E-state index < -0.39 is 0 Å². The molecule has 0 unspecified atom stereocenters. The third kappa shape index (κ3) is 34.0. The predicted molar refractivity (Wildman–Crippen MR) is 137 cm³/mol. The summed E-state index contributed by atoms with van der Waals surface area (Å²) in [5, 5.41) is 0. The Morgan fingerprint density at radius 1 is 0.548 bits per heavy atom. The quantitative estimate of drug-likeness (QED) is 0.211. The molecule has 0 aromatic carbocycles. The molecule has 0 aliphatic heterocycles. The molecule has 0 amide bonds. The van der Waals surface area contributed by atoms with Crippen LogP contribution < -0.4 is 0 Å². The van der Waals surface area contributed by atoms with Crippen LogP contribution in [0.2, 0.25) is 0 Å². The van der Waals surface area contributed by atoms with E-state index >= 15 is 0 Å².